The lowest BCUT2D eigenvalue weighted by atomic mass is 10.2. The monoisotopic (exact) mass is 305 g/mol. The molecule has 21 heavy (non-hydrogen) atoms. The Morgan fingerprint density at radius 3 is 2.86 bits per heavy atom. The fourth-order valence-electron chi connectivity index (χ4n) is 1.99. The van der Waals surface area contributed by atoms with Crippen LogP contribution >= 0.6 is 11.3 Å². The molecule has 0 aliphatic rings. The van der Waals surface area contributed by atoms with Gasteiger partial charge in [-0.2, -0.15) is 4.68 Å². The summed E-state index contributed by atoms with van der Waals surface area (Å²) in [4.78, 5) is 24.1. The molecule has 0 spiro atoms. The molecule has 3 rings (SSSR count). The second-order valence-corrected chi connectivity index (χ2v) is 5.69. The molecular weight excluding hydrogens is 294 g/mol. The topological polar surface area (TPSA) is 126 Å². The lowest BCUT2D eigenvalue weighted by Gasteiger charge is -2.01. The standard InChI is InChI=1S/C11H11N7O2S/c1-5-6(2)21-10-8(5)9(12)14-7(15-10)3-17-4-13-11(16-17)18(19)20/h4H,3H2,1-2H3,(H2,12,14,15). The van der Waals surface area contributed by atoms with Crippen LogP contribution in [0.25, 0.3) is 10.2 Å². The average molecular weight is 305 g/mol. The van der Waals surface area contributed by atoms with Crippen molar-refractivity contribution in [3.05, 3.63) is 32.7 Å². The van der Waals surface area contributed by atoms with Gasteiger partial charge in [-0.3, -0.25) is 0 Å². The summed E-state index contributed by atoms with van der Waals surface area (Å²) in [5.41, 5.74) is 7.06. The van der Waals surface area contributed by atoms with Crippen molar-refractivity contribution in [2.75, 3.05) is 5.73 Å². The van der Waals surface area contributed by atoms with Crippen molar-refractivity contribution >= 4 is 33.3 Å². The lowest BCUT2D eigenvalue weighted by Crippen LogP contribution is -2.07. The Balaban J connectivity index is 1.99. The van der Waals surface area contributed by atoms with Crippen molar-refractivity contribution in [2.45, 2.75) is 20.4 Å². The summed E-state index contributed by atoms with van der Waals surface area (Å²) in [7, 11) is 0. The number of hydrogen-bond donors (Lipinski definition) is 1. The molecule has 0 saturated heterocycles. The van der Waals surface area contributed by atoms with Crippen LogP contribution < -0.4 is 5.73 Å². The molecule has 0 unspecified atom stereocenters. The van der Waals surface area contributed by atoms with Crippen LogP contribution in [0.3, 0.4) is 0 Å². The molecule has 108 valence electrons. The zero-order valence-electron chi connectivity index (χ0n) is 11.3. The number of rotatable bonds is 3. The van der Waals surface area contributed by atoms with Gasteiger partial charge in [0.15, 0.2) is 5.82 Å². The van der Waals surface area contributed by atoms with Crippen LogP contribution in [0.2, 0.25) is 0 Å². The van der Waals surface area contributed by atoms with Gasteiger partial charge in [-0.15, -0.1) is 11.3 Å². The average Bonchev–Trinajstić information content (AvgIpc) is 2.96. The maximum absolute atomic E-state index is 10.6. The molecule has 0 atom stereocenters. The maximum Gasteiger partial charge on any atom is 0.490 e. The molecule has 3 aromatic rings. The molecule has 0 fully saturated rings. The van der Waals surface area contributed by atoms with Crippen LogP contribution in [-0.2, 0) is 6.54 Å². The Morgan fingerprint density at radius 2 is 2.19 bits per heavy atom. The second kappa shape index (κ2) is 4.74. The number of thiophene rings is 1. The van der Waals surface area contributed by atoms with Crippen molar-refractivity contribution in [3.8, 4) is 0 Å². The van der Waals surface area contributed by atoms with Gasteiger partial charge in [-0.1, -0.05) is 4.98 Å². The zero-order valence-corrected chi connectivity index (χ0v) is 12.1. The Hall–Kier alpha value is -2.62. The quantitative estimate of drug-likeness (QED) is 0.573. The van der Waals surface area contributed by atoms with Crippen LogP contribution in [0, 0.1) is 24.0 Å². The molecule has 0 aromatic carbocycles. The number of nitro groups is 1. The van der Waals surface area contributed by atoms with Gasteiger partial charge in [0.25, 0.3) is 0 Å². The number of nitrogen functional groups attached to an aromatic ring is 1. The van der Waals surface area contributed by atoms with Gasteiger partial charge < -0.3 is 15.8 Å². The van der Waals surface area contributed by atoms with Gasteiger partial charge in [-0.25, -0.2) is 9.97 Å². The minimum Gasteiger partial charge on any atom is -0.390 e. The number of fused-ring (bicyclic) bond motifs is 1. The van der Waals surface area contributed by atoms with Crippen LogP contribution in [-0.4, -0.2) is 29.7 Å². The number of nitrogens with two attached hydrogens (primary N) is 1. The summed E-state index contributed by atoms with van der Waals surface area (Å²) in [5.74, 6) is 0.402. The van der Waals surface area contributed by atoms with E-state index in [1.807, 2.05) is 13.8 Å². The van der Waals surface area contributed by atoms with Crippen molar-refractivity contribution < 1.29 is 4.92 Å². The van der Waals surface area contributed by atoms with Crippen LogP contribution in [0.4, 0.5) is 11.8 Å². The summed E-state index contributed by atoms with van der Waals surface area (Å²) in [6, 6.07) is 0. The third kappa shape index (κ3) is 2.29. The Bertz CT molecular complexity index is 854. The highest BCUT2D eigenvalue weighted by molar-refractivity contribution is 7.18. The van der Waals surface area contributed by atoms with E-state index >= 15 is 0 Å². The normalized spacial score (nSPS) is 11.1. The molecule has 0 radical (unpaired) electrons. The lowest BCUT2D eigenvalue weighted by molar-refractivity contribution is -0.394. The summed E-state index contributed by atoms with van der Waals surface area (Å²) < 4.78 is 1.31. The first-order valence-electron chi connectivity index (χ1n) is 6.01. The number of anilines is 1. The summed E-state index contributed by atoms with van der Waals surface area (Å²) in [6.45, 7) is 4.16. The molecule has 3 heterocycles. The van der Waals surface area contributed by atoms with E-state index < -0.39 is 10.9 Å². The molecule has 0 aliphatic carbocycles. The third-order valence-corrected chi connectivity index (χ3v) is 4.20. The summed E-state index contributed by atoms with van der Waals surface area (Å²) >= 11 is 1.54. The minimum atomic E-state index is -0.652. The van der Waals surface area contributed by atoms with E-state index in [2.05, 4.69) is 20.1 Å². The van der Waals surface area contributed by atoms with E-state index in [9.17, 15) is 10.1 Å². The first-order chi connectivity index (χ1) is 9.95. The van der Waals surface area contributed by atoms with E-state index in [0.29, 0.717) is 11.6 Å². The van der Waals surface area contributed by atoms with Crippen molar-refractivity contribution in [1.29, 1.82) is 0 Å². The number of aryl methyl sites for hydroxylation is 2. The molecule has 10 heteroatoms. The van der Waals surface area contributed by atoms with Crippen molar-refractivity contribution in [2.24, 2.45) is 0 Å². The number of aromatic nitrogens is 5. The Morgan fingerprint density at radius 1 is 1.43 bits per heavy atom. The SMILES string of the molecule is Cc1sc2nc(Cn3cnc([N+](=O)[O-])n3)nc(N)c2c1C. The highest BCUT2D eigenvalue weighted by Gasteiger charge is 2.16. The van der Waals surface area contributed by atoms with Crippen LogP contribution in [0.15, 0.2) is 6.33 Å². The molecular formula is C11H11N7O2S. The largest absolute Gasteiger partial charge is 0.490 e. The van der Waals surface area contributed by atoms with Gasteiger partial charge >= 0.3 is 5.95 Å². The first kappa shape index (κ1) is 13.4. The molecule has 3 aromatic heterocycles. The number of hydrogen-bond acceptors (Lipinski definition) is 8. The van der Waals surface area contributed by atoms with Crippen LogP contribution in [0.1, 0.15) is 16.3 Å². The molecule has 0 aliphatic heterocycles. The summed E-state index contributed by atoms with van der Waals surface area (Å²) in [6.07, 6.45) is 1.27. The first-order valence-corrected chi connectivity index (χ1v) is 6.83. The number of nitrogens with zero attached hydrogens (tertiary/aromatic N) is 6. The summed E-state index contributed by atoms with van der Waals surface area (Å²) in [5, 5.41) is 15.1. The van der Waals surface area contributed by atoms with E-state index in [1.165, 1.54) is 11.0 Å². The van der Waals surface area contributed by atoms with Gasteiger partial charge in [0, 0.05) is 9.98 Å². The van der Waals surface area contributed by atoms with Crippen molar-refractivity contribution in [3.63, 3.8) is 0 Å². The highest BCUT2D eigenvalue weighted by atomic mass is 32.1. The van der Waals surface area contributed by atoms with Gasteiger partial charge in [0.2, 0.25) is 6.33 Å². The van der Waals surface area contributed by atoms with E-state index in [1.54, 1.807) is 11.3 Å². The zero-order chi connectivity index (χ0) is 15.1. The van der Waals surface area contributed by atoms with E-state index in [-0.39, 0.29) is 6.54 Å². The van der Waals surface area contributed by atoms with E-state index in [0.717, 1.165) is 20.7 Å². The van der Waals surface area contributed by atoms with Gasteiger partial charge in [0.05, 0.1) is 5.39 Å². The smallest absolute Gasteiger partial charge is 0.390 e. The van der Waals surface area contributed by atoms with Crippen LogP contribution in [0.5, 0.6) is 0 Å². The predicted molar refractivity (Wildman–Crippen MR) is 77.1 cm³/mol. The highest BCUT2D eigenvalue weighted by Crippen LogP contribution is 2.31. The van der Waals surface area contributed by atoms with E-state index in [4.69, 9.17) is 5.73 Å². The second-order valence-electron chi connectivity index (χ2n) is 4.49. The van der Waals surface area contributed by atoms with Crippen molar-refractivity contribution in [1.82, 2.24) is 24.7 Å². The Labute approximate surface area is 122 Å². The molecule has 0 bridgehead atoms. The molecule has 9 nitrogen and oxygen atoms in total. The minimum absolute atomic E-state index is 0.178. The fraction of sp³-hybridized carbons (Fsp3) is 0.273. The molecule has 0 saturated carbocycles. The van der Waals surface area contributed by atoms with Gasteiger partial charge in [0.1, 0.15) is 17.2 Å². The predicted octanol–water partition coefficient (Wildman–Crippen LogP) is 1.44. The fourth-order valence-corrected chi connectivity index (χ4v) is 3.04. The third-order valence-electron chi connectivity index (χ3n) is 3.09. The Kier molecular flexibility index (Phi) is 3.01. The van der Waals surface area contributed by atoms with Gasteiger partial charge in [-0.05, 0) is 24.3 Å². The maximum atomic E-state index is 10.6. The molecule has 2 N–H and O–H groups in total. The molecule has 0 amide bonds.